The summed E-state index contributed by atoms with van der Waals surface area (Å²) in [5.41, 5.74) is 2.44. The molecule has 3 aromatic heterocycles. The smallest absolute Gasteiger partial charge is 0.260 e. The molecule has 9 heteroatoms. The van der Waals surface area contributed by atoms with Gasteiger partial charge in [0, 0.05) is 65.3 Å². The van der Waals surface area contributed by atoms with E-state index < -0.39 is 0 Å². The lowest BCUT2D eigenvalue weighted by molar-refractivity contribution is 0.0903. The van der Waals surface area contributed by atoms with E-state index in [4.69, 9.17) is 16.3 Å². The predicted octanol–water partition coefficient (Wildman–Crippen LogP) is 4.08. The van der Waals surface area contributed by atoms with E-state index in [0.29, 0.717) is 58.6 Å². The fourth-order valence-corrected chi connectivity index (χ4v) is 4.57. The molecule has 0 bridgehead atoms. The maximum atomic E-state index is 13.4. The number of halogens is 1. The second-order valence-electron chi connectivity index (χ2n) is 8.22. The maximum absolute atomic E-state index is 13.4. The third-order valence-corrected chi connectivity index (χ3v) is 6.40. The molecule has 0 aliphatic carbocycles. The number of H-pyrrole nitrogens is 1. The first-order chi connectivity index (χ1) is 16.5. The number of pyridine rings is 2. The summed E-state index contributed by atoms with van der Waals surface area (Å²) in [4.78, 5) is 37.4. The van der Waals surface area contributed by atoms with E-state index in [1.54, 1.807) is 53.4 Å². The van der Waals surface area contributed by atoms with Crippen LogP contribution in [-0.2, 0) is 11.3 Å². The first-order valence-corrected chi connectivity index (χ1v) is 11.7. The molecule has 0 amide bonds. The van der Waals surface area contributed by atoms with Crippen molar-refractivity contribution in [2.75, 3.05) is 18.5 Å². The number of hydrogen-bond acceptors (Lipinski definition) is 6. The average Bonchev–Trinajstić information content (AvgIpc) is 2.85. The van der Waals surface area contributed by atoms with Gasteiger partial charge in [-0.05, 0) is 49.6 Å². The van der Waals surface area contributed by atoms with Gasteiger partial charge in [-0.3, -0.25) is 14.2 Å². The van der Waals surface area contributed by atoms with Crippen molar-refractivity contribution in [1.82, 2.24) is 19.5 Å². The minimum atomic E-state index is -0.201. The minimum absolute atomic E-state index is 0.182. The van der Waals surface area contributed by atoms with Crippen molar-refractivity contribution >= 4 is 28.6 Å². The van der Waals surface area contributed by atoms with Crippen LogP contribution in [0.3, 0.4) is 0 Å². The second-order valence-corrected chi connectivity index (χ2v) is 8.63. The lowest BCUT2D eigenvalue weighted by Crippen LogP contribution is -2.29. The first-order valence-electron chi connectivity index (χ1n) is 11.3. The zero-order valence-electron chi connectivity index (χ0n) is 18.7. The number of hydrogen-bond donors (Lipinski definition) is 2. The number of benzene rings is 1. The Morgan fingerprint density at radius 1 is 1.15 bits per heavy atom. The number of anilines is 1. The Kier molecular flexibility index (Phi) is 6.17. The monoisotopic (exact) mass is 477 g/mol. The van der Waals surface area contributed by atoms with Crippen molar-refractivity contribution in [3.63, 3.8) is 0 Å². The van der Waals surface area contributed by atoms with E-state index in [-0.39, 0.29) is 17.2 Å². The van der Waals surface area contributed by atoms with Gasteiger partial charge in [0.25, 0.3) is 11.1 Å². The molecule has 0 radical (unpaired) electrons. The van der Waals surface area contributed by atoms with Gasteiger partial charge in [0.05, 0.1) is 0 Å². The lowest BCUT2D eigenvalue weighted by Gasteiger charge is -2.23. The molecule has 0 spiro atoms. The van der Waals surface area contributed by atoms with E-state index in [9.17, 15) is 9.59 Å². The summed E-state index contributed by atoms with van der Waals surface area (Å²) in [6.45, 7) is 3.79. The minimum Gasteiger partial charge on any atom is -0.381 e. The molecule has 1 aromatic carbocycles. The molecule has 8 nitrogen and oxygen atoms in total. The van der Waals surface area contributed by atoms with Crippen molar-refractivity contribution in [3.8, 4) is 22.3 Å². The standard InChI is InChI=1S/C25H24ClN5O3/c1-2-31-22-16(14-28-25(30-22)29-17-7-10-34-11-8-17)12-20(24(31)33)19-6-5-15(13-21(19)26)18-4-3-9-27-23(18)32/h3-6,9,12-14,17H,2,7-8,10-11H2,1H3,(H,27,32)(H,28,29,30). The number of aromatic nitrogens is 4. The Morgan fingerprint density at radius 3 is 2.71 bits per heavy atom. The highest BCUT2D eigenvalue weighted by atomic mass is 35.5. The Labute approximate surface area is 200 Å². The van der Waals surface area contributed by atoms with Gasteiger partial charge >= 0.3 is 0 Å². The highest BCUT2D eigenvalue weighted by molar-refractivity contribution is 6.33. The number of aryl methyl sites for hydroxylation is 1. The van der Waals surface area contributed by atoms with Gasteiger partial charge in [0.1, 0.15) is 5.65 Å². The van der Waals surface area contributed by atoms with E-state index in [2.05, 4.69) is 20.3 Å². The molecule has 1 saturated heterocycles. The van der Waals surface area contributed by atoms with Crippen molar-refractivity contribution < 1.29 is 4.74 Å². The van der Waals surface area contributed by atoms with Crippen LogP contribution in [0.1, 0.15) is 19.8 Å². The van der Waals surface area contributed by atoms with Crippen LogP contribution in [0.2, 0.25) is 5.02 Å². The highest BCUT2D eigenvalue weighted by Gasteiger charge is 2.18. The fourth-order valence-electron chi connectivity index (χ4n) is 4.29. The molecule has 4 heterocycles. The Hall–Kier alpha value is -3.49. The van der Waals surface area contributed by atoms with E-state index in [1.807, 2.05) is 6.92 Å². The summed E-state index contributed by atoms with van der Waals surface area (Å²) < 4.78 is 7.04. The number of ether oxygens (including phenoxy) is 1. The average molecular weight is 478 g/mol. The van der Waals surface area contributed by atoms with E-state index >= 15 is 0 Å². The summed E-state index contributed by atoms with van der Waals surface area (Å²) in [6.07, 6.45) is 5.09. The highest BCUT2D eigenvalue weighted by Crippen LogP contribution is 2.31. The first kappa shape index (κ1) is 22.3. The van der Waals surface area contributed by atoms with Gasteiger partial charge in [-0.25, -0.2) is 4.98 Å². The van der Waals surface area contributed by atoms with Gasteiger partial charge in [-0.1, -0.05) is 23.7 Å². The van der Waals surface area contributed by atoms with Crippen LogP contribution < -0.4 is 16.4 Å². The van der Waals surface area contributed by atoms with Crippen molar-refractivity contribution in [2.24, 2.45) is 0 Å². The van der Waals surface area contributed by atoms with Crippen LogP contribution in [-0.4, -0.2) is 38.8 Å². The van der Waals surface area contributed by atoms with Gasteiger partial charge in [-0.15, -0.1) is 0 Å². The van der Waals surface area contributed by atoms with Crippen LogP contribution >= 0.6 is 11.6 Å². The fraction of sp³-hybridized carbons (Fsp3) is 0.280. The van der Waals surface area contributed by atoms with Crippen molar-refractivity contribution in [3.05, 3.63) is 74.5 Å². The van der Waals surface area contributed by atoms with Crippen molar-refractivity contribution in [1.29, 1.82) is 0 Å². The Bertz CT molecular complexity index is 1470. The van der Waals surface area contributed by atoms with Gasteiger partial charge < -0.3 is 15.0 Å². The molecule has 0 saturated carbocycles. The molecule has 34 heavy (non-hydrogen) atoms. The van der Waals surface area contributed by atoms with E-state index in [1.165, 1.54) is 0 Å². The van der Waals surface area contributed by atoms with Crippen LogP contribution in [0.15, 0.2) is 58.4 Å². The molecule has 0 unspecified atom stereocenters. The zero-order valence-corrected chi connectivity index (χ0v) is 19.4. The molecule has 174 valence electrons. The second kappa shape index (κ2) is 9.40. The third kappa shape index (κ3) is 4.22. The van der Waals surface area contributed by atoms with Crippen molar-refractivity contribution in [2.45, 2.75) is 32.4 Å². The summed E-state index contributed by atoms with van der Waals surface area (Å²) in [6, 6.07) is 10.8. The Morgan fingerprint density at radius 2 is 1.97 bits per heavy atom. The van der Waals surface area contributed by atoms with Gasteiger partial charge in [0.2, 0.25) is 5.95 Å². The normalized spacial score (nSPS) is 14.4. The number of aromatic amines is 1. The number of nitrogens with one attached hydrogen (secondary N) is 2. The largest absolute Gasteiger partial charge is 0.381 e. The molecule has 2 N–H and O–H groups in total. The molecule has 4 aromatic rings. The molecule has 0 atom stereocenters. The third-order valence-electron chi connectivity index (χ3n) is 6.09. The molecule has 1 aliphatic rings. The maximum Gasteiger partial charge on any atom is 0.260 e. The molecule has 1 fully saturated rings. The van der Waals surface area contributed by atoms with Crippen LogP contribution in [0, 0.1) is 0 Å². The molecule has 5 rings (SSSR count). The topological polar surface area (TPSA) is 102 Å². The molecular weight excluding hydrogens is 454 g/mol. The molecule has 1 aliphatic heterocycles. The molecular formula is C25H24ClN5O3. The van der Waals surface area contributed by atoms with Crippen LogP contribution in [0.5, 0.6) is 0 Å². The van der Waals surface area contributed by atoms with Gasteiger partial charge in [-0.2, -0.15) is 4.98 Å². The number of rotatable bonds is 5. The summed E-state index contributed by atoms with van der Waals surface area (Å²) in [7, 11) is 0. The Balaban J connectivity index is 1.56. The lowest BCUT2D eigenvalue weighted by atomic mass is 10.0. The number of fused-ring (bicyclic) bond motifs is 1. The summed E-state index contributed by atoms with van der Waals surface area (Å²) >= 11 is 6.61. The number of nitrogens with zero attached hydrogens (tertiary/aromatic N) is 3. The summed E-state index contributed by atoms with van der Waals surface area (Å²) in [5.74, 6) is 0.504. The van der Waals surface area contributed by atoms with E-state index in [0.717, 1.165) is 18.2 Å². The quantitative estimate of drug-likeness (QED) is 0.449. The zero-order chi connectivity index (χ0) is 23.7. The van der Waals surface area contributed by atoms with Crippen LogP contribution in [0.4, 0.5) is 5.95 Å². The van der Waals surface area contributed by atoms with Gasteiger partial charge in [0.15, 0.2) is 0 Å². The van der Waals surface area contributed by atoms with Crippen LogP contribution in [0.25, 0.3) is 33.3 Å². The predicted molar refractivity (Wildman–Crippen MR) is 133 cm³/mol. The SMILES string of the molecule is CCn1c(=O)c(-c2ccc(-c3ccc[nH]c3=O)cc2Cl)cc2cnc(NC3CCOCC3)nc21. The summed E-state index contributed by atoms with van der Waals surface area (Å²) in [5, 5.41) is 4.49.